The first-order chi connectivity index (χ1) is 8.69. The van der Waals surface area contributed by atoms with Gasteiger partial charge < -0.3 is 4.42 Å². The molecular formula is C12H9IN4O. The van der Waals surface area contributed by atoms with Crippen molar-refractivity contribution in [3.63, 3.8) is 0 Å². The molecule has 0 unspecified atom stereocenters. The third kappa shape index (κ3) is 3.07. The SMILES string of the molecule is Cc1nc(C#N)c(NN=Cc2ccc(I)cc2)o1. The predicted molar refractivity (Wildman–Crippen MR) is 76.3 cm³/mol. The number of aromatic nitrogens is 1. The number of halogens is 1. The van der Waals surface area contributed by atoms with Gasteiger partial charge in [-0.2, -0.15) is 10.4 Å². The zero-order chi connectivity index (χ0) is 13.0. The van der Waals surface area contributed by atoms with Crippen molar-refractivity contribution in [2.45, 2.75) is 6.92 Å². The van der Waals surface area contributed by atoms with E-state index >= 15 is 0 Å². The smallest absolute Gasteiger partial charge is 0.252 e. The van der Waals surface area contributed by atoms with E-state index < -0.39 is 0 Å². The Bertz CT molecular complexity index is 610. The van der Waals surface area contributed by atoms with Crippen LogP contribution in [0.15, 0.2) is 33.8 Å². The van der Waals surface area contributed by atoms with Crippen molar-refractivity contribution in [3.8, 4) is 6.07 Å². The van der Waals surface area contributed by atoms with Crippen molar-refractivity contribution in [1.82, 2.24) is 4.98 Å². The Labute approximate surface area is 118 Å². The molecule has 0 saturated heterocycles. The Morgan fingerprint density at radius 2 is 2.17 bits per heavy atom. The van der Waals surface area contributed by atoms with Crippen LogP contribution in [0.5, 0.6) is 0 Å². The monoisotopic (exact) mass is 352 g/mol. The van der Waals surface area contributed by atoms with Gasteiger partial charge in [0.2, 0.25) is 5.69 Å². The number of anilines is 1. The van der Waals surface area contributed by atoms with Gasteiger partial charge in [0, 0.05) is 10.5 Å². The Kier molecular flexibility index (Phi) is 3.94. The van der Waals surface area contributed by atoms with Gasteiger partial charge in [0.25, 0.3) is 5.88 Å². The van der Waals surface area contributed by atoms with Crippen LogP contribution >= 0.6 is 22.6 Å². The summed E-state index contributed by atoms with van der Waals surface area (Å²) < 4.78 is 6.37. The van der Waals surface area contributed by atoms with E-state index in [2.05, 4.69) is 38.1 Å². The molecule has 0 atom stereocenters. The number of hydrazone groups is 1. The number of hydrogen-bond donors (Lipinski definition) is 1. The van der Waals surface area contributed by atoms with E-state index in [0.29, 0.717) is 5.89 Å². The Hall–Kier alpha value is -1.88. The molecule has 18 heavy (non-hydrogen) atoms. The predicted octanol–water partition coefficient (Wildman–Crippen LogP) is 2.91. The molecule has 0 aliphatic carbocycles. The van der Waals surface area contributed by atoms with Crippen molar-refractivity contribution in [2.24, 2.45) is 5.10 Å². The lowest BCUT2D eigenvalue weighted by molar-refractivity contribution is 0.533. The van der Waals surface area contributed by atoms with Crippen LogP contribution < -0.4 is 5.43 Å². The fraction of sp³-hybridized carbons (Fsp3) is 0.0833. The minimum absolute atomic E-state index is 0.201. The van der Waals surface area contributed by atoms with Crippen molar-refractivity contribution in [2.75, 3.05) is 5.43 Å². The van der Waals surface area contributed by atoms with Gasteiger partial charge >= 0.3 is 0 Å². The van der Waals surface area contributed by atoms with Gasteiger partial charge in [-0.15, -0.1) is 0 Å². The Balaban J connectivity index is 2.07. The largest absolute Gasteiger partial charge is 0.422 e. The Morgan fingerprint density at radius 3 is 2.83 bits per heavy atom. The highest BCUT2D eigenvalue weighted by Gasteiger charge is 2.08. The number of nitrogens with zero attached hydrogens (tertiary/aromatic N) is 3. The minimum Gasteiger partial charge on any atom is -0.422 e. The van der Waals surface area contributed by atoms with Gasteiger partial charge in [-0.3, -0.25) is 0 Å². The molecular weight excluding hydrogens is 343 g/mol. The average Bonchev–Trinajstić information content (AvgIpc) is 2.72. The van der Waals surface area contributed by atoms with Crippen LogP contribution in [0.25, 0.3) is 0 Å². The molecule has 5 nitrogen and oxygen atoms in total. The summed E-state index contributed by atoms with van der Waals surface area (Å²) in [7, 11) is 0. The maximum atomic E-state index is 8.81. The summed E-state index contributed by atoms with van der Waals surface area (Å²) in [6.07, 6.45) is 1.65. The molecule has 0 fully saturated rings. The van der Waals surface area contributed by atoms with Crippen molar-refractivity contribution in [1.29, 1.82) is 5.26 Å². The summed E-state index contributed by atoms with van der Waals surface area (Å²) in [5.41, 5.74) is 3.82. The summed E-state index contributed by atoms with van der Waals surface area (Å²) in [6.45, 7) is 1.68. The van der Waals surface area contributed by atoms with E-state index in [-0.39, 0.29) is 11.6 Å². The highest BCUT2D eigenvalue weighted by Crippen LogP contribution is 2.15. The summed E-state index contributed by atoms with van der Waals surface area (Å²) in [5, 5.41) is 12.8. The number of hydrogen-bond acceptors (Lipinski definition) is 5. The van der Waals surface area contributed by atoms with Gasteiger partial charge in [-0.1, -0.05) is 12.1 Å². The summed E-state index contributed by atoms with van der Waals surface area (Å²) in [6, 6.07) is 9.80. The number of nitriles is 1. The van der Waals surface area contributed by atoms with Gasteiger partial charge in [0.1, 0.15) is 6.07 Å². The van der Waals surface area contributed by atoms with E-state index in [9.17, 15) is 0 Å². The molecule has 1 heterocycles. The molecule has 90 valence electrons. The quantitative estimate of drug-likeness (QED) is 0.524. The van der Waals surface area contributed by atoms with Crippen LogP contribution in [-0.2, 0) is 0 Å². The van der Waals surface area contributed by atoms with Crippen molar-refractivity contribution >= 4 is 34.7 Å². The van der Waals surface area contributed by atoms with E-state index in [1.165, 1.54) is 0 Å². The first-order valence-corrected chi connectivity index (χ1v) is 6.19. The number of aryl methyl sites for hydroxylation is 1. The van der Waals surface area contributed by atoms with Crippen LogP contribution in [0.2, 0.25) is 0 Å². The van der Waals surface area contributed by atoms with Gasteiger partial charge in [0.05, 0.1) is 6.21 Å². The average molecular weight is 352 g/mol. The molecule has 2 aromatic rings. The summed E-state index contributed by atoms with van der Waals surface area (Å²) >= 11 is 2.24. The third-order valence-electron chi connectivity index (χ3n) is 2.09. The zero-order valence-electron chi connectivity index (χ0n) is 9.51. The normalized spacial score (nSPS) is 10.5. The molecule has 0 amide bonds. The molecule has 1 aromatic heterocycles. The molecule has 6 heteroatoms. The van der Waals surface area contributed by atoms with E-state index in [1.807, 2.05) is 30.3 Å². The van der Waals surface area contributed by atoms with Gasteiger partial charge in [-0.25, -0.2) is 10.4 Å². The maximum absolute atomic E-state index is 8.81. The number of rotatable bonds is 3. The first kappa shape index (κ1) is 12.6. The lowest BCUT2D eigenvalue weighted by Gasteiger charge is -1.95. The van der Waals surface area contributed by atoms with Crippen LogP contribution in [-0.4, -0.2) is 11.2 Å². The zero-order valence-corrected chi connectivity index (χ0v) is 11.7. The third-order valence-corrected chi connectivity index (χ3v) is 2.81. The molecule has 0 aliphatic rings. The maximum Gasteiger partial charge on any atom is 0.252 e. The van der Waals surface area contributed by atoms with Crippen LogP contribution in [0.1, 0.15) is 17.1 Å². The van der Waals surface area contributed by atoms with Crippen LogP contribution in [0, 0.1) is 21.8 Å². The molecule has 0 radical (unpaired) electrons. The number of benzene rings is 1. The molecule has 0 bridgehead atoms. The van der Waals surface area contributed by atoms with Gasteiger partial charge in [0.15, 0.2) is 5.89 Å². The molecule has 0 aliphatic heterocycles. The Morgan fingerprint density at radius 1 is 1.44 bits per heavy atom. The van der Waals surface area contributed by atoms with Crippen molar-refractivity contribution in [3.05, 3.63) is 45.0 Å². The lowest BCUT2D eigenvalue weighted by Crippen LogP contribution is -1.91. The standard InChI is InChI=1S/C12H9IN4O/c1-8-16-11(6-14)12(18-8)17-15-7-9-2-4-10(13)5-3-9/h2-5,7,17H,1H3. The van der Waals surface area contributed by atoms with Crippen LogP contribution in [0.4, 0.5) is 5.88 Å². The molecule has 1 aromatic carbocycles. The fourth-order valence-electron chi connectivity index (χ4n) is 1.29. The molecule has 1 N–H and O–H groups in total. The summed E-state index contributed by atoms with van der Waals surface area (Å²) in [5.74, 6) is 0.690. The second-order valence-electron chi connectivity index (χ2n) is 3.44. The van der Waals surface area contributed by atoms with E-state index in [0.717, 1.165) is 9.13 Å². The molecule has 2 rings (SSSR count). The number of nitrogens with one attached hydrogen (secondary N) is 1. The minimum atomic E-state index is 0.201. The second kappa shape index (κ2) is 5.64. The summed E-state index contributed by atoms with van der Waals surface area (Å²) in [4.78, 5) is 3.90. The van der Waals surface area contributed by atoms with Crippen molar-refractivity contribution < 1.29 is 4.42 Å². The lowest BCUT2D eigenvalue weighted by atomic mass is 10.2. The highest BCUT2D eigenvalue weighted by molar-refractivity contribution is 14.1. The van der Waals surface area contributed by atoms with E-state index in [1.54, 1.807) is 13.1 Å². The molecule has 0 saturated carbocycles. The second-order valence-corrected chi connectivity index (χ2v) is 4.69. The topological polar surface area (TPSA) is 74.2 Å². The van der Waals surface area contributed by atoms with E-state index in [4.69, 9.17) is 9.68 Å². The van der Waals surface area contributed by atoms with Crippen LogP contribution in [0.3, 0.4) is 0 Å². The highest BCUT2D eigenvalue weighted by atomic mass is 127. The fourth-order valence-corrected chi connectivity index (χ4v) is 1.65. The number of oxazole rings is 1. The first-order valence-electron chi connectivity index (χ1n) is 5.11. The molecule has 0 spiro atoms. The van der Waals surface area contributed by atoms with Gasteiger partial charge in [-0.05, 0) is 40.3 Å².